The summed E-state index contributed by atoms with van der Waals surface area (Å²) >= 11 is 6.81. The quantitative estimate of drug-likeness (QED) is 0.571. The van der Waals surface area contributed by atoms with Gasteiger partial charge in [0.2, 0.25) is 0 Å². The summed E-state index contributed by atoms with van der Waals surface area (Å²) in [5.41, 5.74) is 2.34. The van der Waals surface area contributed by atoms with Gasteiger partial charge >= 0.3 is 5.97 Å². The molecule has 2 aliphatic heterocycles. The Balaban J connectivity index is 1.30. The van der Waals surface area contributed by atoms with Gasteiger partial charge in [0.25, 0.3) is 0 Å². The topological polar surface area (TPSA) is 52.6 Å². The number of carboxylic acids is 1. The largest absolute Gasteiger partial charge is 0.481 e. The van der Waals surface area contributed by atoms with Crippen molar-refractivity contribution < 1.29 is 9.90 Å². The standard InChI is InChI=1S/C26H33ClN2O2/c1-16-2-6-20(7-3-16)28-24-11-5-18-12-17(4-10-23(18)25(24)27)15-29-21-8-9-22(29)14-19(13-21)26(30)31/h4-5,10-12,16,19-22,28H,2-3,6-9,13-15H2,1H3,(H,30,31). The van der Waals surface area contributed by atoms with Crippen molar-refractivity contribution in [3.8, 4) is 0 Å². The maximum atomic E-state index is 11.4. The van der Waals surface area contributed by atoms with E-state index in [0.29, 0.717) is 18.1 Å². The third-order valence-electron chi connectivity index (χ3n) is 7.99. The van der Waals surface area contributed by atoms with Crippen molar-refractivity contribution in [2.45, 2.75) is 83.0 Å². The smallest absolute Gasteiger partial charge is 0.306 e. The highest BCUT2D eigenvalue weighted by atomic mass is 35.5. The molecule has 166 valence electrons. The van der Waals surface area contributed by atoms with Crippen LogP contribution in [0.15, 0.2) is 30.3 Å². The lowest BCUT2D eigenvalue weighted by Crippen LogP contribution is -2.44. The number of nitrogens with zero attached hydrogens (tertiary/aromatic N) is 1. The van der Waals surface area contributed by atoms with Gasteiger partial charge in [0.15, 0.2) is 0 Å². The van der Waals surface area contributed by atoms with Crippen LogP contribution in [0.3, 0.4) is 0 Å². The van der Waals surface area contributed by atoms with E-state index in [9.17, 15) is 9.90 Å². The first-order valence-electron chi connectivity index (χ1n) is 11.9. The minimum atomic E-state index is -0.621. The highest BCUT2D eigenvalue weighted by Crippen LogP contribution is 2.40. The summed E-state index contributed by atoms with van der Waals surface area (Å²) in [6.45, 7) is 3.24. The van der Waals surface area contributed by atoms with E-state index in [4.69, 9.17) is 11.6 Å². The number of nitrogens with one attached hydrogen (secondary N) is 1. The molecule has 2 unspecified atom stereocenters. The second-order valence-corrected chi connectivity index (χ2v) is 10.5. The molecule has 4 nitrogen and oxygen atoms in total. The molecule has 2 N–H and O–H groups in total. The molecule has 1 aliphatic carbocycles. The second kappa shape index (κ2) is 8.63. The van der Waals surface area contributed by atoms with E-state index in [-0.39, 0.29) is 5.92 Å². The number of carbonyl (C=O) groups is 1. The molecule has 1 saturated carbocycles. The monoisotopic (exact) mass is 440 g/mol. The van der Waals surface area contributed by atoms with Crippen LogP contribution in [0.5, 0.6) is 0 Å². The normalized spacial score (nSPS) is 31.1. The molecule has 2 aromatic carbocycles. The van der Waals surface area contributed by atoms with Crippen LogP contribution in [-0.2, 0) is 11.3 Å². The Kier molecular flexibility index (Phi) is 5.87. The van der Waals surface area contributed by atoms with Crippen LogP contribution in [0.4, 0.5) is 5.69 Å². The molecule has 0 spiro atoms. The average Bonchev–Trinajstić information content (AvgIpc) is 2.98. The number of hydrogen-bond donors (Lipinski definition) is 2. The molecule has 3 aliphatic rings. The van der Waals surface area contributed by atoms with Gasteiger partial charge < -0.3 is 10.4 Å². The molecule has 5 rings (SSSR count). The molecule has 0 aromatic heterocycles. The van der Waals surface area contributed by atoms with Crippen molar-refractivity contribution in [2.24, 2.45) is 11.8 Å². The summed E-state index contributed by atoms with van der Waals surface area (Å²) in [5.74, 6) is 0.0557. The summed E-state index contributed by atoms with van der Waals surface area (Å²) in [7, 11) is 0. The molecule has 2 bridgehead atoms. The number of halogens is 1. The molecule has 31 heavy (non-hydrogen) atoms. The van der Waals surface area contributed by atoms with Gasteiger partial charge in [-0.1, -0.05) is 36.7 Å². The third kappa shape index (κ3) is 4.29. The predicted octanol–water partition coefficient (Wildman–Crippen LogP) is 6.31. The molecule has 2 heterocycles. The molecule has 5 heteroatoms. The van der Waals surface area contributed by atoms with E-state index in [0.717, 1.165) is 54.2 Å². The molecule has 3 fully saturated rings. The zero-order valence-corrected chi connectivity index (χ0v) is 19.1. The van der Waals surface area contributed by atoms with Gasteiger partial charge in [0.05, 0.1) is 16.6 Å². The van der Waals surface area contributed by atoms with Gasteiger partial charge in [-0.2, -0.15) is 0 Å². The van der Waals surface area contributed by atoms with Crippen LogP contribution >= 0.6 is 11.6 Å². The van der Waals surface area contributed by atoms with Crippen molar-refractivity contribution in [1.82, 2.24) is 4.90 Å². The summed E-state index contributed by atoms with van der Waals surface area (Å²) in [4.78, 5) is 14.0. The Bertz CT molecular complexity index is 955. The zero-order chi connectivity index (χ0) is 21.5. The van der Waals surface area contributed by atoms with Crippen molar-refractivity contribution in [3.63, 3.8) is 0 Å². The summed E-state index contributed by atoms with van der Waals surface area (Å²) in [6.07, 6.45) is 8.85. The maximum Gasteiger partial charge on any atom is 0.306 e. The Morgan fingerprint density at radius 1 is 1.06 bits per heavy atom. The number of rotatable bonds is 5. The first-order valence-corrected chi connectivity index (χ1v) is 12.3. The summed E-state index contributed by atoms with van der Waals surface area (Å²) in [5, 5.41) is 16.2. The van der Waals surface area contributed by atoms with E-state index in [1.54, 1.807) is 0 Å². The molecule has 0 radical (unpaired) electrons. The summed E-state index contributed by atoms with van der Waals surface area (Å²) in [6, 6.07) is 12.3. The number of aliphatic carboxylic acids is 1. The minimum Gasteiger partial charge on any atom is -0.481 e. The molecular formula is C26H33ClN2O2. The number of anilines is 1. The van der Waals surface area contributed by atoms with Gasteiger partial charge in [0, 0.05) is 30.1 Å². The molecular weight excluding hydrogens is 408 g/mol. The van der Waals surface area contributed by atoms with Gasteiger partial charge in [-0.15, -0.1) is 0 Å². The van der Waals surface area contributed by atoms with Crippen LogP contribution in [0.1, 0.15) is 63.9 Å². The fourth-order valence-corrected chi connectivity index (χ4v) is 6.41. The van der Waals surface area contributed by atoms with E-state index in [1.807, 2.05) is 0 Å². The van der Waals surface area contributed by atoms with Crippen LogP contribution in [0.25, 0.3) is 10.8 Å². The SMILES string of the molecule is CC1CCC(Nc2ccc3cc(CN4C5CCC4CC(C(=O)O)C5)ccc3c2Cl)CC1. The molecule has 2 atom stereocenters. The van der Waals surface area contributed by atoms with Gasteiger partial charge in [-0.05, 0) is 80.4 Å². The number of carboxylic acid groups (broad SMARTS) is 1. The van der Waals surface area contributed by atoms with Gasteiger partial charge in [0.1, 0.15) is 0 Å². The van der Waals surface area contributed by atoms with Crippen molar-refractivity contribution in [2.75, 3.05) is 5.32 Å². The lowest BCUT2D eigenvalue weighted by Gasteiger charge is -2.37. The Morgan fingerprint density at radius 3 is 2.45 bits per heavy atom. The van der Waals surface area contributed by atoms with Gasteiger partial charge in [-0.3, -0.25) is 9.69 Å². The van der Waals surface area contributed by atoms with Crippen molar-refractivity contribution in [3.05, 3.63) is 40.9 Å². The van der Waals surface area contributed by atoms with E-state index in [2.05, 4.69) is 47.5 Å². The summed E-state index contributed by atoms with van der Waals surface area (Å²) < 4.78 is 0. The highest BCUT2D eigenvalue weighted by molar-refractivity contribution is 6.38. The van der Waals surface area contributed by atoms with Gasteiger partial charge in [-0.25, -0.2) is 0 Å². The fourth-order valence-electron chi connectivity index (χ4n) is 6.12. The predicted molar refractivity (Wildman–Crippen MR) is 127 cm³/mol. The van der Waals surface area contributed by atoms with Crippen molar-refractivity contribution in [1.29, 1.82) is 0 Å². The number of fused-ring (bicyclic) bond motifs is 3. The lowest BCUT2D eigenvalue weighted by molar-refractivity contribution is -0.144. The van der Waals surface area contributed by atoms with E-state index in [1.165, 1.54) is 36.6 Å². The van der Waals surface area contributed by atoms with Crippen LogP contribution < -0.4 is 5.32 Å². The number of hydrogen-bond acceptors (Lipinski definition) is 3. The Labute approximate surface area is 190 Å². The highest BCUT2D eigenvalue weighted by Gasteiger charge is 2.42. The Hall–Kier alpha value is -1.78. The second-order valence-electron chi connectivity index (χ2n) is 10.1. The maximum absolute atomic E-state index is 11.4. The Morgan fingerprint density at radius 2 is 1.77 bits per heavy atom. The first-order chi connectivity index (χ1) is 15.0. The van der Waals surface area contributed by atoms with E-state index < -0.39 is 5.97 Å². The zero-order valence-electron chi connectivity index (χ0n) is 18.3. The molecule has 2 aromatic rings. The lowest BCUT2D eigenvalue weighted by atomic mass is 9.87. The van der Waals surface area contributed by atoms with Crippen LogP contribution in [-0.4, -0.2) is 34.1 Å². The average molecular weight is 441 g/mol. The van der Waals surface area contributed by atoms with Crippen LogP contribution in [0, 0.1) is 11.8 Å². The minimum absolute atomic E-state index is 0.164. The molecule has 0 amide bonds. The fraction of sp³-hybridized carbons (Fsp3) is 0.577. The van der Waals surface area contributed by atoms with E-state index >= 15 is 0 Å². The first kappa shape index (κ1) is 21.1. The number of benzene rings is 2. The van der Waals surface area contributed by atoms with Crippen molar-refractivity contribution >= 4 is 34.0 Å². The molecule has 2 saturated heterocycles. The van der Waals surface area contributed by atoms with Crippen LogP contribution in [0.2, 0.25) is 5.02 Å². The number of piperidine rings is 1. The third-order valence-corrected chi connectivity index (χ3v) is 8.40.